The van der Waals surface area contributed by atoms with Crippen molar-refractivity contribution in [2.45, 2.75) is 58.7 Å². The average Bonchev–Trinajstić information content (AvgIpc) is 2.90. The highest BCUT2D eigenvalue weighted by Gasteiger charge is 2.27. The summed E-state index contributed by atoms with van der Waals surface area (Å²) in [6, 6.07) is 1.07. The largest absolute Gasteiger partial charge is 0.361 e. The van der Waals surface area contributed by atoms with Gasteiger partial charge in [0.25, 0.3) is 0 Å². The van der Waals surface area contributed by atoms with Crippen molar-refractivity contribution in [1.82, 2.24) is 20.7 Å². The van der Waals surface area contributed by atoms with E-state index in [0.717, 1.165) is 25.8 Å². The zero-order chi connectivity index (χ0) is 16.1. The van der Waals surface area contributed by atoms with Gasteiger partial charge >= 0.3 is 6.03 Å². The summed E-state index contributed by atoms with van der Waals surface area (Å²) in [5, 5.41) is 9.14. The summed E-state index contributed by atoms with van der Waals surface area (Å²) in [6.45, 7) is 6.59. The molecule has 1 aromatic rings. The third-order valence-corrected chi connectivity index (χ3v) is 3.91. The fourth-order valence-electron chi connectivity index (χ4n) is 2.66. The maximum Gasteiger partial charge on any atom is 0.315 e. The van der Waals surface area contributed by atoms with Crippen molar-refractivity contribution in [1.29, 1.82) is 0 Å². The molecule has 1 aliphatic rings. The molecule has 0 bridgehead atoms. The highest BCUT2D eigenvalue weighted by Crippen LogP contribution is 2.17. The van der Waals surface area contributed by atoms with Crippen molar-refractivity contribution >= 4 is 11.9 Å². The second-order valence-electron chi connectivity index (χ2n) is 5.85. The minimum atomic E-state index is -0.542. The summed E-state index contributed by atoms with van der Waals surface area (Å²) in [5.74, 6) is 0.666. The van der Waals surface area contributed by atoms with Crippen LogP contribution < -0.4 is 10.6 Å². The number of piperidine rings is 1. The van der Waals surface area contributed by atoms with Crippen LogP contribution in [0.5, 0.6) is 0 Å². The van der Waals surface area contributed by atoms with Gasteiger partial charge in [-0.05, 0) is 40.0 Å². The number of aryl methyl sites for hydroxylation is 1. The van der Waals surface area contributed by atoms with Crippen LogP contribution in [-0.4, -0.2) is 40.6 Å². The van der Waals surface area contributed by atoms with Crippen molar-refractivity contribution in [2.24, 2.45) is 0 Å². The second kappa shape index (κ2) is 7.29. The molecular weight excluding hydrogens is 284 g/mol. The quantitative estimate of drug-likeness (QED) is 0.884. The van der Waals surface area contributed by atoms with Crippen LogP contribution in [0.15, 0.2) is 10.6 Å². The first-order chi connectivity index (χ1) is 10.5. The molecule has 0 aliphatic carbocycles. The molecule has 3 amide bonds. The zero-order valence-electron chi connectivity index (χ0n) is 13.4. The molecule has 0 spiro atoms. The van der Waals surface area contributed by atoms with E-state index in [1.54, 1.807) is 19.9 Å². The molecule has 0 unspecified atom stereocenters. The van der Waals surface area contributed by atoms with Gasteiger partial charge in [-0.25, -0.2) is 4.79 Å². The van der Waals surface area contributed by atoms with Gasteiger partial charge in [-0.1, -0.05) is 5.16 Å². The lowest BCUT2D eigenvalue weighted by Gasteiger charge is -2.35. The van der Waals surface area contributed by atoms with Crippen LogP contribution in [0.3, 0.4) is 0 Å². The number of hydrogen-bond acceptors (Lipinski definition) is 4. The Hall–Kier alpha value is -2.05. The Kier molecular flexibility index (Phi) is 5.41. The van der Waals surface area contributed by atoms with Gasteiger partial charge in [0, 0.05) is 18.7 Å². The molecule has 7 heteroatoms. The van der Waals surface area contributed by atoms with E-state index in [9.17, 15) is 9.59 Å². The third-order valence-electron chi connectivity index (χ3n) is 3.91. The Morgan fingerprint density at radius 3 is 2.91 bits per heavy atom. The molecule has 1 aromatic heterocycles. The molecule has 0 aromatic carbocycles. The van der Waals surface area contributed by atoms with Gasteiger partial charge in [-0.3, -0.25) is 4.79 Å². The fraction of sp³-hybridized carbons (Fsp3) is 0.667. The summed E-state index contributed by atoms with van der Waals surface area (Å²) in [5.41, 5.74) is 0.649. The van der Waals surface area contributed by atoms with Crippen molar-refractivity contribution in [2.75, 3.05) is 6.54 Å². The van der Waals surface area contributed by atoms with Gasteiger partial charge in [0.2, 0.25) is 5.91 Å². The molecular formula is C15H24N4O3. The lowest BCUT2D eigenvalue weighted by Crippen LogP contribution is -2.53. The maximum atomic E-state index is 12.4. The molecule has 7 nitrogen and oxygen atoms in total. The Morgan fingerprint density at radius 2 is 2.27 bits per heavy atom. The van der Waals surface area contributed by atoms with Gasteiger partial charge in [0.15, 0.2) is 0 Å². The van der Waals surface area contributed by atoms with Crippen LogP contribution >= 0.6 is 0 Å². The average molecular weight is 308 g/mol. The number of hydrogen-bond donors (Lipinski definition) is 2. The number of carbonyl (C=O) groups is 2. The molecule has 0 radical (unpaired) electrons. The van der Waals surface area contributed by atoms with Gasteiger partial charge in [0.1, 0.15) is 17.5 Å². The first-order valence-electron chi connectivity index (χ1n) is 7.74. The monoisotopic (exact) mass is 308 g/mol. The highest BCUT2D eigenvalue weighted by atomic mass is 16.5. The number of amides is 3. The van der Waals surface area contributed by atoms with E-state index < -0.39 is 6.04 Å². The Bertz CT molecular complexity index is 529. The predicted octanol–water partition coefficient (Wildman–Crippen LogP) is 1.57. The summed E-state index contributed by atoms with van der Waals surface area (Å²) in [4.78, 5) is 26.1. The summed E-state index contributed by atoms with van der Waals surface area (Å²) in [7, 11) is 0. The zero-order valence-corrected chi connectivity index (χ0v) is 13.4. The fourth-order valence-corrected chi connectivity index (χ4v) is 2.66. The Labute approximate surface area is 130 Å². The van der Waals surface area contributed by atoms with Gasteiger partial charge < -0.3 is 20.1 Å². The van der Waals surface area contributed by atoms with Crippen LogP contribution in [0, 0.1) is 6.92 Å². The molecule has 1 fully saturated rings. The number of rotatable bonds is 4. The van der Waals surface area contributed by atoms with Crippen molar-refractivity contribution in [3.63, 3.8) is 0 Å². The Morgan fingerprint density at radius 1 is 1.50 bits per heavy atom. The van der Waals surface area contributed by atoms with E-state index in [4.69, 9.17) is 4.52 Å². The molecule has 2 rings (SSSR count). The normalized spacial score (nSPS) is 19.6. The minimum Gasteiger partial charge on any atom is -0.361 e. The Balaban J connectivity index is 1.78. The maximum absolute atomic E-state index is 12.4. The van der Waals surface area contributed by atoms with E-state index in [0.29, 0.717) is 11.5 Å². The molecule has 2 atom stereocenters. The number of carbonyl (C=O) groups excluding carboxylic acids is 2. The van der Waals surface area contributed by atoms with Crippen molar-refractivity contribution < 1.29 is 14.1 Å². The number of urea groups is 1. The molecule has 2 N–H and O–H groups in total. The van der Waals surface area contributed by atoms with E-state index in [1.807, 2.05) is 4.90 Å². The third kappa shape index (κ3) is 4.22. The minimum absolute atomic E-state index is 0.0281. The van der Waals surface area contributed by atoms with Crippen LogP contribution in [0.1, 0.15) is 44.6 Å². The van der Waals surface area contributed by atoms with Crippen LogP contribution in [0.2, 0.25) is 0 Å². The van der Waals surface area contributed by atoms with Crippen molar-refractivity contribution in [3.05, 3.63) is 17.5 Å². The predicted molar refractivity (Wildman–Crippen MR) is 81.1 cm³/mol. The van der Waals surface area contributed by atoms with Crippen LogP contribution in [0.25, 0.3) is 0 Å². The molecule has 22 heavy (non-hydrogen) atoms. The first kappa shape index (κ1) is 16.3. The smallest absolute Gasteiger partial charge is 0.315 e. The van der Waals surface area contributed by atoms with Gasteiger partial charge in [-0.15, -0.1) is 0 Å². The lowest BCUT2D eigenvalue weighted by atomic mass is 10.0. The molecule has 1 saturated heterocycles. The van der Waals surface area contributed by atoms with Crippen molar-refractivity contribution in [3.8, 4) is 0 Å². The molecule has 0 saturated carbocycles. The van der Waals surface area contributed by atoms with Gasteiger partial charge in [0.05, 0.1) is 6.54 Å². The van der Waals surface area contributed by atoms with E-state index in [2.05, 4.69) is 22.7 Å². The summed E-state index contributed by atoms with van der Waals surface area (Å²) >= 11 is 0. The highest BCUT2D eigenvalue weighted by molar-refractivity contribution is 5.86. The second-order valence-corrected chi connectivity index (χ2v) is 5.85. The number of nitrogens with zero attached hydrogens (tertiary/aromatic N) is 2. The summed E-state index contributed by atoms with van der Waals surface area (Å²) in [6.07, 6.45) is 3.21. The van der Waals surface area contributed by atoms with Crippen LogP contribution in [0.4, 0.5) is 4.79 Å². The molecule has 122 valence electrons. The molecule has 1 aliphatic heterocycles. The first-order valence-corrected chi connectivity index (χ1v) is 7.74. The van der Waals surface area contributed by atoms with E-state index in [-0.39, 0.29) is 24.5 Å². The number of aromatic nitrogens is 1. The van der Waals surface area contributed by atoms with E-state index in [1.165, 1.54) is 0 Å². The van der Waals surface area contributed by atoms with Crippen LogP contribution in [-0.2, 0) is 11.3 Å². The topological polar surface area (TPSA) is 87.5 Å². The standard InChI is InChI=1S/C15H24N4O3/c1-10-6-4-5-7-19(10)14(20)12(3)17-15(21)16-9-13-8-11(2)22-18-13/h8,10,12H,4-7,9H2,1-3H3,(H2,16,17,21)/t10-,12-/m1/s1. The van der Waals surface area contributed by atoms with Gasteiger partial charge in [-0.2, -0.15) is 0 Å². The molecule has 2 heterocycles. The lowest BCUT2D eigenvalue weighted by molar-refractivity contribution is -0.136. The SMILES string of the molecule is Cc1cc(CNC(=O)N[C@H](C)C(=O)N2CCCC[C@H]2C)no1. The number of likely N-dealkylation sites (tertiary alicyclic amines) is 1. The summed E-state index contributed by atoms with van der Waals surface area (Å²) < 4.78 is 4.92. The van der Waals surface area contributed by atoms with E-state index >= 15 is 0 Å². The number of nitrogens with one attached hydrogen (secondary N) is 2.